The summed E-state index contributed by atoms with van der Waals surface area (Å²) in [5, 5.41) is 0.346. The van der Waals surface area contributed by atoms with Crippen LogP contribution in [0.25, 0.3) is 0 Å². The highest BCUT2D eigenvalue weighted by atomic mass is 79.9. The second kappa shape index (κ2) is 2.96. The van der Waals surface area contributed by atoms with Crippen LogP contribution in [0.2, 0.25) is 5.15 Å². The maximum absolute atomic E-state index is 13.2. The van der Waals surface area contributed by atoms with Gasteiger partial charge in [-0.2, -0.15) is 0 Å². The van der Waals surface area contributed by atoms with Crippen molar-refractivity contribution in [2.75, 3.05) is 0 Å². The second-order valence-electron chi connectivity index (χ2n) is 2.90. The predicted molar refractivity (Wildman–Crippen MR) is 48.9 cm³/mol. The fraction of sp³-hybridized carbons (Fsp3) is 0.375. The van der Waals surface area contributed by atoms with Crippen molar-refractivity contribution in [2.45, 2.75) is 18.8 Å². The Hall–Kier alpha value is -0.150. The van der Waals surface area contributed by atoms with E-state index in [1.807, 2.05) is 0 Å². The Labute approximate surface area is 83.1 Å². The molecule has 1 aromatic rings. The molecule has 1 aromatic heterocycles. The van der Waals surface area contributed by atoms with Gasteiger partial charge >= 0.3 is 0 Å². The van der Waals surface area contributed by atoms with Gasteiger partial charge in [0, 0.05) is 5.92 Å². The standard InChI is InChI=1S/C8H6BrClFN/c9-5-3-6(11)7(4-1-2-4)12-8(5)10/h3-4H,1-2H2. The summed E-state index contributed by atoms with van der Waals surface area (Å²) in [5.41, 5.74) is 0.517. The van der Waals surface area contributed by atoms with Gasteiger partial charge in [-0.1, -0.05) is 11.6 Å². The van der Waals surface area contributed by atoms with E-state index < -0.39 is 0 Å². The molecule has 0 radical (unpaired) electrons. The smallest absolute Gasteiger partial charge is 0.146 e. The van der Waals surface area contributed by atoms with Crippen LogP contribution in [0.3, 0.4) is 0 Å². The fourth-order valence-electron chi connectivity index (χ4n) is 1.10. The number of aromatic nitrogens is 1. The summed E-state index contributed by atoms with van der Waals surface area (Å²) in [6.07, 6.45) is 2.06. The molecule has 1 aliphatic rings. The monoisotopic (exact) mass is 249 g/mol. The van der Waals surface area contributed by atoms with Gasteiger partial charge in [0.15, 0.2) is 0 Å². The van der Waals surface area contributed by atoms with Gasteiger partial charge in [-0.05, 0) is 34.8 Å². The third-order valence-corrected chi connectivity index (χ3v) is 3.00. The zero-order chi connectivity index (χ0) is 8.72. The molecule has 4 heteroatoms. The molecule has 0 atom stereocenters. The van der Waals surface area contributed by atoms with Gasteiger partial charge in [0.1, 0.15) is 11.0 Å². The van der Waals surface area contributed by atoms with Crippen molar-refractivity contribution in [1.29, 1.82) is 0 Å². The van der Waals surface area contributed by atoms with Crippen LogP contribution in [0.5, 0.6) is 0 Å². The number of nitrogens with zero attached hydrogens (tertiary/aromatic N) is 1. The molecule has 0 saturated heterocycles. The molecule has 1 nitrogen and oxygen atoms in total. The molecule has 1 fully saturated rings. The maximum Gasteiger partial charge on any atom is 0.146 e. The van der Waals surface area contributed by atoms with Crippen LogP contribution in [-0.2, 0) is 0 Å². The Bertz CT molecular complexity index is 325. The average Bonchev–Trinajstić information content (AvgIpc) is 2.79. The Kier molecular flexibility index (Phi) is 2.09. The molecule has 1 heterocycles. The summed E-state index contributed by atoms with van der Waals surface area (Å²) in [7, 11) is 0. The second-order valence-corrected chi connectivity index (χ2v) is 4.11. The highest BCUT2D eigenvalue weighted by Crippen LogP contribution is 2.41. The summed E-state index contributed by atoms with van der Waals surface area (Å²) < 4.78 is 13.7. The zero-order valence-electron chi connectivity index (χ0n) is 6.15. The van der Waals surface area contributed by atoms with Crippen molar-refractivity contribution in [2.24, 2.45) is 0 Å². The Morgan fingerprint density at radius 2 is 2.25 bits per heavy atom. The minimum atomic E-state index is -0.256. The van der Waals surface area contributed by atoms with Crippen molar-refractivity contribution in [3.05, 3.63) is 27.2 Å². The zero-order valence-corrected chi connectivity index (χ0v) is 8.49. The molecular formula is C8H6BrClFN. The van der Waals surface area contributed by atoms with Crippen molar-refractivity contribution in [3.8, 4) is 0 Å². The molecule has 0 unspecified atom stereocenters. The first-order valence-electron chi connectivity index (χ1n) is 3.70. The molecule has 0 amide bonds. The normalized spacial score (nSPS) is 16.6. The minimum absolute atomic E-state index is 0.256. The summed E-state index contributed by atoms with van der Waals surface area (Å²) in [5.74, 6) is 0.0457. The molecule has 0 aromatic carbocycles. The van der Waals surface area contributed by atoms with E-state index in [0.29, 0.717) is 21.2 Å². The van der Waals surface area contributed by atoms with E-state index in [2.05, 4.69) is 20.9 Å². The molecule has 2 rings (SSSR count). The van der Waals surface area contributed by atoms with Crippen LogP contribution >= 0.6 is 27.5 Å². The number of hydrogen-bond donors (Lipinski definition) is 0. The quantitative estimate of drug-likeness (QED) is 0.695. The molecule has 1 aliphatic carbocycles. The lowest BCUT2D eigenvalue weighted by molar-refractivity contribution is 0.599. The van der Waals surface area contributed by atoms with Crippen LogP contribution in [0.4, 0.5) is 4.39 Å². The van der Waals surface area contributed by atoms with Gasteiger partial charge in [-0.3, -0.25) is 0 Å². The maximum atomic E-state index is 13.2. The molecule has 12 heavy (non-hydrogen) atoms. The van der Waals surface area contributed by atoms with E-state index >= 15 is 0 Å². The molecule has 0 N–H and O–H groups in total. The van der Waals surface area contributed by atoms with Crippen LogP contribution in [-0.4, -0.2) is 4.98 Å². The van der Waals surface area contributed by atoms with Crippen molar-refractivity contribution in [3.63, 3.8) is 0 Å². The molecule has 0 bridgehead atoms. The third-order valence-electron chi connectivity index (χ3n) is 1.88. The van der Waals surface area contributed by atoms with Gasteiger partial charge in [-0.25, -0.2) is 9.37 Å². The van der Waals surface area contributed by atoms with E-state index in [1.54, 1.807) is 0 Å². The topological polar surface area (TPSA) is 12.9 Å². The Balaban J connectivity index is 2.47. The van der Waals surface area contributed by atoms with Crippen molar-refractivity contribution >= 4 is 27.5 Å². The van der Waals surface area contributed by atoms with Gasteiger partial charge in [0.05, 0.1) is 10.2 Å². The first kappa shape index (κ1) is 8.45. The average molecular weight is 250 g/mol. The van der Waals surface area contributed by atoms with Crippen LogP contribution in [0.15, 0.2) is 10.5 Å². The highest BCUT2D eigenvalue weighted by Gasteiger charge is 2.28. The lowest BCUT2D eigenvalue weighted by Crippen LogP contribution is -1.93. The van der Waals surface area contributed by atoms with E-state index in [4.69, 9.17) is 11.6 Å². The fourth-order valence-corrected chi connectivity index (χ4v) is 1.54. The summed E-state index contributed by atoms with van der Waals surface area (Å²) in [6, 6.07) is 1.38. The Morgan fingerprint density at radius 3 is 2.83 bits per heavy atom. The molecule has 64 valence electrons. The highest BCUT2D eigenvalue weighted by molar-refractivity contribution is 9.10. The van der Waals surface area contributed by atoms with Crippen molar-refractivity contribution < 1.29 is 4.39 Å². The number of rotatable bonds is 1. The van der Waals surface area contributed by atoms with Gasteiger partial charge in [-0.15, -0.1) is 0 Å². The van der Waals surface area contributed by atoms with E-state index in [1.165, 1.54) is 6.07 Å². The lowest BCUT2D eigenvalue weighted by atomic mass is 10.2. The van der Waals surface area contributed by atoms with E-state index in [9.17, 15) is 4.39 Å². The number of halogens is 3. The molecular weight excluding hydrogens is 244 g/mol. The van der Waals surface area contributed by atoms with E-state index in [-0.39, 0.29) is 5.82 Å². The van der Waals surface area contributed by atoms with Gasteiger partial charge < -0.3 is 0 Å². The molecule has 0 aliphatic heterocycles. The minimum Gasteiger partial charge on any atom is -0.237 e. The third kappa shape index (κ3) is 1.48. The van der Waals surface area contributed by atoms with Crippen molar-refractivity contribution in [1.82, 2.24) is 4.98 Å². The predicted octanol–water partition coefficient (Wildman–Crippen LogP) is 3.51. The van der Waals surface area contributed by atoms with Crippen LogP contribution in [0, 0.1) is 5.82 Å². The first-order valence-corrected chi connectivity index (χ1v) is 4.87. The van der Waals surface area contributed by atoms with Crippen LogP contribution in [0.1, 0.15) is 24.5 Å². The summed E-state index contributed by atoms with van der Waals surface area (Å²) in [6.45, 7) is 0. The molecule has 1 saturated carbocycles. The number of hydrogen-bond acceptors (Lipinski definition) is 1. The van der Waals surface area contributed by atoms with E-state index in [0.717, 1.165) is 12.8 Å². The Morgan fingerprint density at radius 1 is 1.58 bits per heavy atom. The summed E-state index contributed by atoms with van der Waals surface area (Å²) >= 11 is 8.85. The first-order chi connectivity index (χ1) is 5.68. The SMILES string of the molecule is Fc1cc(Br)c(Cl)nc1C1CC1. The lowest BCUT2D eigenvalue weighted by Gasteiger charge is -2.01. The van der Waals surface area contributed by atoms with Crippen LogP contribution < -0.4 is 0 Å². The largest absolute Gasteiger partial charge is 0.237 e. The molecule has 0 spiro atoms. The van der Waals surface area contributed by atoms with Gasteiger partial charge in [0.2, 0.25) is 0 Å². The number of pyridine rings is 1. The summed E-state index contributed by atoms with van der Waals surface area (Å²) in [4.78, 5) is 3.98. The van der Waals surface area contributed by atoms with Gasteiger partial charge in [0.25, 0.3) is 0 Å².